The average Bonchev–Trinajstić information content (AvgIpc) is 2.28. The van der Waals surface area contributed by atoms with Gasteiger partial charge in [-0.15, -0.1) is 0 Å². The summed E-state index contributed by atoms with van der Waals surface area (Å²) in [5.41, 5.74) is 7.74. The minimum atomic E-state index is -0.727. The molecule has 2 unspecified atom stereocenters. The van der Waals surface area contributed by atoms with Crippen LogP contribution in [0, 0.1) is 0 Å². The molecule has 0 heterocycles. The van der Waals surface area contributed by atoms with Gasteiger partial charge in [-0.05, 0) is 30.0 Å². The van der Waals surface area contributed by atoms with Gasteiger partial charge < -0.3 is 15.9 Å². The Morgan fingerprint density at radius 2 is 2.12 bits per heavy atom. The second-order valence-corrected chi connectivity index (χ2v) is 4.68. The van der Waals surface area contributed by atoms with Crippen LogP contribution in [0.25, 0.3) is 0 Å². The summed E-state index contributed by atoms with van der Waals surface area (Å²) in [5.74, 6) is 0. The molecule has 0 amide bonds. The molecule has 4 N–H and O–H groups in total. The van der Waals surface area contributed by atoms with E-state index in [1.54, 1.807) is 0 Å². The molecule has 0 radical (unpaired) electrons. The monoisotopic (exact) mass is 287 g/mol. The van der Waals surface area contributed by atoms with Crippen molar-refractivity contribution in [3.8, 4) is 0 Å². The normalized spacial score (nSPS) is 14.8. The number of aliphatic hydroxyl groups excluding tert-OH is 2. The predicted molar refractivity (Wildman–Crippen MR) is 68.2 cm³/mol. The van der Waals surface area contributed by atoms with Crippen molar-refractivity contribution in [2.75, 3.05) is 6.61 Å². The summed E-state index contributed by atoms with van der Waals surface area (Å²) in [6.07, 6.45) is 0.614. The zero-order valence-corrected chi connectivity index (χ0v) is 10.9. The standard InChI is InChI=1S/C12H18BrNO2/c1-2-8-3-4-9(7-10(8)13)12(16)11(14)5-6-15/h3-4,7,11-12,15-16H,2,5-6,14H2,1H3. The van der Waals surface area contributed by atoms with Gasteiger partial charge in [0.1, 0.15) is 0 Å². The fourth-order valence-corrected chi connectivity index (χ4v) is 2.27. The molecule has 0 aliphatic rings. The first-order valence-corrected chi connectivity index (χ1v) is 6.22. The Labute approximate surface area is 104 Å². The van der Waals surface area contributed by atoms with Crippen LogP contribution in [0.2, 0.25) is 0 Å². The molecular formula is C12H18BrNO2. The molecule has 1 rings (SSSR count). The summed E-state index contributed by atoms with van der Waals surface area (Å²) in [6.45, 7) is 2.07. The zero-order chi connectivity index (χ0) is 12.1. The molecule has 0 aliphatic heterocycles. The fourth-order valence-electron chi connectivity index (χ4n) is 1.59. The molecule has 0 saturated heterocycles. The fraction of sp³-hybridized carbons (Fsp3) is 0.500. The highest BCUT2D eigenvalue weighted by Crippen LogP contribution is 2.24. The molecule has 1 aromatic carbocycles. The van der Waals surface area contributed by atoms with Crippen LogP contribution >= 0.6 is 15.9 Å². The van der Waals surface area contributed by atoms with E-state index < -0.39 is 12.1 Å². The zero-order valence-electron chi connectivity index (χ0n) is 9.36. The molecule has 0 aromatic heterocycles. The highest BCUT2D eigenvalue weighted by Gasteiger charge is 2.16. The van der Waals surface area contributed by atoms with E-state index in [4.69, 9.17) is 10.8 Å². The number of aryl methyl sites for hydroxylation is 1. The van der Waals surface area contributed by atoms with Crippen LogP contribution in [0.15, 0.2) is 22.7 Å². The van der Waals surface area contributed by atoms with Gasteiger partial charge in [-0.2, -0.15) is 0 Å². The van der Waals surface area contributed by atoms with Crippen molar-refractivity contribution in [3.63, 3.8) is 0 Å². The van der Waals surface area contributed by atoms with Crippen LogP contribution in [0.4, 0.5) is 0 Å². The Kier molecular flexibility index (Phi) is 5.41. The van der Waals surface area contributed by atoms with E-state index in [0.29, 0.717) is 6.42 Å². The number of benzene rings is 1. The maximum atomic E-state index is 9.95. The van der Waals surface area contributed by atoms with Gasteiger partial charge in [-0.3, -0.25) is 0 Å². The van der Waals surface area contributed by atoms with Crippen molar-refractivity contribution in [3.05, 3.63) is 33.8 Å². The molecule has 0 spiro atoms. The third kappa shape index (κ3) is 3.28. The van der Waals surface area contributed by atoms with Gasteiger partial charge in [-0.1, -0.05) is 35.0 Å². The van der Waals surface area contributed by atoms with Crippen molar-refractivity contribution in [1.82, 2.24) is 0 Å². The highest BCUT2D eigenvalue weighted by molar-refractivity contribution is 9.10. The third-order valence-corrected chi connectivity index (χ3v) is 3.41. The molecule has 1 aromatic rings. The smallest absolute Gasteiger partial charge is 0.0942 e. The van der Waals surface area contributed by atoms with Gasteiger partial charge >= 0.3 is 0 Å². The lowest BCUT2D eigenvalue weighted by Crippen LogP contribution is -2.29. The number of aliphatic hydroxyl groups is 2. The Morgan fingerprint density at radius 1 is 1.44 bits per heavy atom. The molecule has 0 fully saturated rings. The average molecular weight is 288 g/mol. The molecule has 0 aliphatic carbocycles. The summed E-state index contributed by atoms with van der Waals surface area (Å²) < 4.78 is 0.989. The summed E-state index contributed by atoms with van der Waals surface area (Å²) in [4.78, 5) is 0. The van der Waals surface area contributed by atoms with Crippen molar-refractivity contribution in [1.29, 1.82) is 0 Å². The van der Waals surface area contributed by atoms with E-state index in [0.717, 1.165) is 16.5 Å². The quantitative estimate of drug-likeness (QED) is 0.773. The molecule has 16 heavy (non-hydrogen) atoms. The van der Waals surface area contributed by atoms with E-state index in [1.807, 2.05) is 18.2 Å². The molecule has 90 valence electrons. The second-order valence-electron chi connectivity index (χ2n) is 3.83. The molecule has 2 atom stereocenters. The number of hydrogen-bond acceptors (Lipinski definition) is 3. The molecule has 4 heteroatoms. The Morgan fingerprint density at radius 3 is 2.62 bits per heavy atom. The van der Waals surface area contributed by atoms with Crippen LogP contribution in [0.3, 0.4) is 0 Å². The first kappa shape index (κ1) is 13.6. The Hall–Kier alpha value is -0.420. The summed E-state index contributed by atoms with van der Waals surface area (Å²) in [7, 11) is 0. The number of hydrogen-bond donors (Lipinski definition) is 3. The number of halogens is 1. The van der Waals surface area contributed by atoms with E-state index in [-0.39, 0.29) is 6.61 Å². The van der Waals surface area contributed by atoms with Crippen LogP contribution in [-0.4, -0.2) is 22.9 Å². The van der Waals surface area contributed by atoms with E-state index in [2.05, 4.69) is 22.9 Å². The number of rotatable bonds is 5. The first-order chi connectivity index (χ1) is 7.60. The Bertz CT molecular complexity index is 344. The van der Waals surface area contributed by atoms with Gasteiger partial charge in [0.25, 0.3) is 0 Å². The predicted octanol–water partition coefficient (Wildman–Crippen LogP) is 1.75. The van der Waals surface area contributed by atoms with E-state index in [9.17, 15) is 5.11 Å². The Balaban J connectivity index is 2.84. The van der Waals surface area contributed by atoms with Gasteiger partial charge in [-0.25, -0.2) is 0 Å². The van der Waals surface area contributed by atoms with Crippen LogP contribution < -0.4 is 5.73 Å². The lowest BCUT2D eigenvalue weighted by atomic mass is 9.99. The van der Waals surface area contributed by atoms with Gasteiger partial charge in [0.05, 0.1) is 6.10 Å². The lowest BCUT2D eigenvalue weighted by Gasteiger charge is -2.19. The van der Waals surface area contributed by atoms with Gasteiger partial charge in [0.15, 0.2) is 0 Å². The van der Waals surface area contributed by atoms with Gasteiger partial charge in [0.2, 0.25) is 0 Å². The lowest BCUT2D eigenvalue weighted by molar-refractivity contribution is 0.129. The van der Waals surface area contributed by atoms with Crippen molar-refractivity contribution >= 4 is 15.9 Å². The molecule has 0 bridgehead atoms. The molecule has 0 saturated carbocycles. The maximum absolute atomic E-state index is 9.95. The second kappa shape index (κ2) is 6.35. The minimum Gasteiger partial charge on any atom is -0.396 e. The van der Waals surface area contributed by atoms with Crippen molar-refractivity contribution in [2.45, 2.75) is 31.9 Å². The molecular weight excluding hydrogens is 270 g/mol. The van der Waals surface area contributed by atoms with Crippen LogP contribution in [-0.2, 0) is 6.42 Å². The summed E-state index contributed by atoms with van der Waals surface area (Å²) in [5, 5.41) is 18.7. The topological polar surface area (TPSA) is 66.5 Å². The van der Waals surface area contributed by atoms with Crippen molar-refractivity contribution < 1.29 is 10.2 Å². The SMILES string of the molecule is CCc1ccc(C(O)C(N)CCO)cc1Br. The first-order valence-electron chi connectivity index (χ1n) is 5.43. The third-order valence-electron chi connectivity index (χ3n) is 2.67. The van der Waals surface area contributed by atoms with Crippen LogP contribution in [0.5, 0.6) is 0 Å². The maximum Gasteiger partial charge on any atom is 0.0942 e. The number of nitrogens with two attached hydrogens (primary N) is 1. The highest BCUT2D eigenvalue weighted by atomic mass is 79.9. The van der Waals surface area contributed by atoms with E-state index >= 15 is 0 Å². The minimum absolute atomic E-state index is 0.00750. The summed E-state index contributed by atoms with van der Waals surface area (Å²) in [6, 6.07) is 5.32. The molecule has 3 nitrogen and oxygen atoms in total. The van der Waals surface area contributed by atoms with Crippen LogP contribution in [0.1, 0.15) is 30.6 Å². The van der Waals surface area contributed by atoms with Crippen molar-refractivity contribution in [2.24, 2.45) is 5.73 Å². The largest absolute Gasteiger partial charge is 0.396 e. The summed E-state index contributed by atoms with van der Waals surface area (Å²) >= 11 is 3.46. The van der Waals surface area contributed by atoms with E-state index in [1.165, 1.54) is 5.56 Å². The van der Waals surface area contributed by atoms with Gasteiger partial charge in [0, 0.05) is 17.1 Å².